The molecule has 1 aromatic carbocycles. The van der Waals surface area contributed by atoms with Crippen molar-refractivity contribution >= 4 is 11.5 Å². The van der Waals surface area contributed by atoms with Gasteiger partial charge in [0.15, 0.2) is 11.5 Å². The Balaban J connectivity index is 2.01. The topological polar surface area (TPSA) is 69.4 Å². The molecular weight excluding hydrogens is 265 g/mol. The summed E-state index contributed by atoms with van der Waals surface area (Å²) in [4.78, 5) is 22.1. The number of Topliss-reactive ketones (excluding diaryl/α,β-unsaturated/α-hetero) is 1. The van der Waals surface area contributed by atoms with Crippen LogP contribution in [0.25, 0.3) is 0 Å². The average Bonchev–Trinajstić information content (AvgIpc) is 2.45. The summed E-state index contributed by atoms with van der Waals surface area (Å²) in [6.07, 6.45) is 4.87. The molecule has 0 amide bonds. The number of ether oxygens (including phenoxy) is 1. The molecule has 0 N–H and O–H groups in total. The molecule has 6 heteroatoms. The van der Waals surface area contributed by atoms with E-state index in [-0.39, 0.29) is 29.7 Å². The quantitative estimate of drug-likeness (QED) is 0.613. The van der Waals surface area contributed by atoms with Crippen LogP contribution < -0.4 is 4.74 Å². The van der Waals surface area contributed by atoms with E-state index in [1.54, 1.807) is 0 Å². The summed E-state index contributed by atoms with van der Waals surface area (Å²) in [6.45, 7) is -0.241. The number of halogens is 1. The van der Waals surface area contributed by atoms with Crippen LogP contribution in [0.5, 0.6) is 5.75 Å². The van der Waals surface area contributed by atoms with Crippen LogP contribution in [0.1, 0.15) is 32.1 Å². The Morgan fingerprint density at radius 3 is 2.70 bits per heavy atom. The van der Waals surface area contributed by atoms with Gasteiger partial charge < -0.3 is 4.74 Å². The van der Waals surface area contributed by atoms with E-state index in [0.717, 1.165) is 50.3 Å². The molecule has 0 aliphatic heterocycles. The normalized spacial score (nSPS) is 15.8. The molecule has 0 bridgehead atoms. The van der Waals surface area contributed by atoms with Crippen molar-refractivity contribution in [1.82, 2.24) is 0 Å². The number of nitro groups is 1. The van der Waals surface area contributed by atoms with E-state index in [0.29, 0.717) is 0 Å². The van der Waals surface area contributed by atoms with E-state index < -0.39 is 10.7 Å². The van der Waals surface area contributed by atoms with Gasteiger partial charge in [0.25, 0.3) is 0 Å². The molecule has 1 aromatic rings. The number of nitrogens with zero attached hydrogens (tertiary/aromatic N) is 1. The Labute approximate surface area is 115 Å². The van der Waals surface area contributed by atoms with Crippen molar-refractivity contribution < 1.29 is 18.8 Å². The standard InChI is InChI=1S/C14H16FNO4/c15-11-6-7-12(16(18)19)14(8-11)20-9-13(17)10-4-2-1-3-5-10/h6-8,10H,1-5,9H2. The molecule has 1 aliphatic rings. The number of rotatable bonds is 5. The van der Waals surface area contributed by atoms with Crippen molar-refractivity contribution in [3.8, 4) is 5.75 Å². The SMILES string of the molecule is O=C(COc1cc(F)ccc1[N+](=O)[O-])C1CCCCC1. The van der Waals surface area contributed by atoms with Crippen molar-refractivity contribution in [2.45, 2.75) is 32.1 Å². The fourth-order valence-corrected chi connectivity index (χ4v) is 2.45. The van der Waals surface area contributed by atoms with Crippen LogP contribution in [0.2, 0.25) is 0 Å². The summed E-state index contributed by atoms with van der Waals surface area (Å²) >= 11 is 0. The van der Waals surface area contributed by atoms with Gasteiger partial charge in [0.1, 0.15) is 12.4 Å². The van der Waals surface area contributed by atoms with Crippen LogP contribution in [-0.2, 0) is 4.79 Å². The molecule has 2 rings (SSSR count). The molecule has 108 valence electrons. The summed E-state index contributed by atoms with van der Waals surface area (Å²) in [5, 5.41) is 10.8. The van der Waals surface area contributed by atoms with E-state index in [1.165, 1.54) is 0 Å². The van der Waals surface area contributed by atoms with Crippen LogP contribution in [0.15, 0.2) is 18.2 Å². The molecule has 20 heavy (non-hydrogen) atoms. The number of ketones is 1. The summed E-state index contributed by atoms with van der Waals surface area (Å²) in [5.41, 5.74) is -0.331. The van der Waals surface area contributed by atoms with Gasteiger partial charge in [-0.15, -0.1) is 0 Å². The molecule has 0 radical (unpaired) electrons. The molecule has 0 atom stereocenters. The Bertz CT molecular complexity index is 512. The zero-order valence-electron chi connectivity index (χ0n) is 11.0. The van der Waals surface area contributed by atoms with Crippen LogP contribution in [0.4, 0.5) is 10.1 Å². The molecule has 1 fully saturated rings. The zero-order valence-corrected chi connectivity index (χ0v) is 11.0. The molecule has 0 unspecified atom stereocenters. The largest absolute Gasteiger partial charge is 0.479 e. The number of hydrogen-bond donors (Lipinski definition) is 0. The van der Waals surface area contributed by atoms with Crippen molar-refractivity contribution in [1.29, 1.82) is 0 Å². The predicted molar refractivity (Wildman–Crippen MR) is 70.1 cm³/mol. The first-order valence-corrected chi connectivity index (χ1v) is 6.67. The first kappa shape index (κ1) is 14.4. The molecule has 0 saturated heterocycles. The van der Waals surface area contributed by atoms with Gasteiger partial charge in [-0.05, 0) is 18.9 Å². The average molecular weight is 281 g/mol. The van der Waals surface area contributed by atoms with Crippen LogP contribution in [0.3, 0.4) is 0 Å². The zero-order chi connectivity index (χ0) is 14.5. The number of benzene rings is 1. The third kappa shape index (κ3) is 3.53. The van der Waals surface area contributed by atoms with Crippen molar-refractivity contribution in [3.63, 3.8) is 0 Å². The lowest BCUT2D eigenvalue weighted by molar-refractivity contribution is -0.385. The van der Waals surface area contributed by atoms with Gasteiger partial charge in [0.2, 0.25) is 0 Å². The molecule has 1 aliphatic carbocycles. The minimum Gasteiger partial charge on any atom is -0.479 e. The maximum absolute atomic E-state index is 13.1. The second kappa shape index (κ2) is 6.45. The Morgan fingerprint density at radius 1 is 1.35 bits per heavy atom. The maximum Gasteiger partial charge on any atom is 0.311 e. The first-order valence-electron chi connectivity index (χ1n) is 6.67. The lowest BCUT2D eigenvalue weighted by Gasteiger charge is -2.20. The number of carbonyl (C=O) groups excluding carboxylic acids is 1. The monoisotopic (exact) mass is 281 g/mol. The van der Waals surface area contributed by atoms with Crippen molar-refractivity contribution in [3.05, 3.63) is 34.1 Å². The number of nitro benzene ring substituents is 1. The van der Waals surface area contributed by atoms with Crippen molar-refractivity contribution in [2.24, 2.45) is 5.92 Å². The second-order valence-corrected chi connectivity index (χ2v) is 4.96. The third-order valence-electron chi connectivity index (χ3n) is 3.55. The lowest BCUT2D eigenvalue weighted by Crippen LogP contribution is -2.23. The molecule has 0 spiro atoms. The fraction of sp³-hybridized carbons (Fsp3) is 0.500. The number of carbonyl (C=O) groups is 1. The highest BCUT2D eigenvalue weighted by Crippen LogP contribution is 2.29. The number of hydrogen-bond acceptors (Lipinski definition) is 4. The van der Waals surface area contributed by atoms with Gasteiger partial charge >= 0.3 is 5.69 Å². The molecule has 1 saturated carbocycles. The minimum atomic E-state index is -0.653. The summed E-state index contributed by atoms with van der Waals surface area (Å²) < 4.78 is 18.3. The summed E-state index contributed by atoms with van der Waals surface area (Å²) in [7, 11) is 0. The first-order chi connectivity index (χ1) is 9.58. The third-order valence-corrected chi connectivity index (χ3v) is 3.55. The Hall–Kier alpha value is -1.98. The van der Waals surface area contributed by atoms with E-state index >= 15 is 0 Å². The van der Waals surface area contributed by atoms with E-state index in [2.05, 4.69) is 0 Å². The summed E-state index contributed by atoms with van der Waals surface area (Å²) in [6, 6.07) is 2.97. The van der Waals surface area contributed by atoms with Crippen LogP contribution in [-0.4, -0.2) is 17.3 Å². The Morgan fingerprint density at radius 2 is 2.05 bits per heavy atom. The smallest absolute Gasteiger partial charge is 0.311 e. The molecule has 0 heterocycles. The van der Waals surface area contributed by atoms with Gasteiger partial charge in [-0.3, -0.25) is 14.9 Å². The Kier molecular flexibility index (Phi) is 4.65. The predicted octanol–water partition coefficient (Wildman–Crippen LogP) is 3.26. The second-order valence-electron chi connectivity index (χ2n) is 4.96. The van der Waals surface area contributed by atoms with Crippen LogP contribution >= 0.6 is 0 Å². The van der Waals surface area contributed by atoms with Crippen molar-refractivity contribution in [2.75, 3.05) is 6.61 Å². The van der Waals surface area contributed by atoms with E-state index in [1.807, 2.05) is 0 Å². The van der Waals surface area contributed by atoms with Gasteiger partial charge in [-0.25, -0.2) is 4.39 Å². The highest BCUT2D eigenvalue weighted by atomic mass is 19.1. The fourth-order valence-electron chi connectivity index (χ4n) is 2.45. The van der Waals surface area contributed by atoms with Gasteiger partial charge in [0, 0.05) is 18.1 Å². The summed E-state index contributed by atoms with van der Waals surface area (Å²) in [5.74, 6) is -0.922. The highest BCUT2D eigenvalue weighted by molar-refractivity contribution is 5.82. The van der Waals surface area contributed by atoms with Crippen LogP contribution in [0, 0.1) is 21.8 Å². The molecular formula is C14H16FNO4. The highest BCUT2D eigenvalue weighted by Gasteiger charge is 2.23. The van der Waals surface area contributed by atoms with Gasteiger partial charge in [-0.2, -0.15) is 0 Å². The van der Waals surface area contributed by atoms with Gasteiger partial charge in [0.05, 0.1) is 4.92 Å². The lowest BCUT2D eigenvalue weighted by atomic mass is 9.86. The molecule has 0 aromatic heterocycles. The molecule has 5 nitrogen and oxygen atoms in total. The maximum atomic E-state index is 13.1. The van der Waals surface area contributed by atoms with E-state index in [4.69, 9.17) is 4.74 Å². The van der Waals surface area contributed by atoms with E-state index in [9.17, 15) is 19.3 Å². The minimum absolute atomic E-state index is 0.0311. The van der Waals surface area contributed by atoms with Gasteiger partial charge in [-0.1, -0.05) is 19.3 Å².